The van der Waals surface area contributed by atoms with Crippen LogP contribution in [0, 0.1) is 10.1 Å². The molecule has 0 aliphatic rings. The topological polar surface area (TPSA) is 110 Å². The molecule has 0 aliphatic carbocycles. The van der Waals surface area contributed by atoms with E-state index < -0.39 is 4.92 Å². The van der Waals surface area contributed by atoms with E-state index in [1.54, 1.807) is 5.01 Å². The molecule has 0 aliphatic heterocycles. The molecule has 0 saturated heterocycles. The lowest BCUT2D eigenvalue weighted by atomic mass is 10.2. The van der Waals surface area contributed by atoms with Gasteiger partial charge in [0.15, 0.2) is 0 Å². The van der Waals surface area contributed by atoms with E-state index in [4.69, 9.17) is 5.73 Å². The van der Waals surface area contributed by atoms with Crippen LogP contribution in [-0.2, 0) is 0 Å². The lowest BCUT2D eigenvalue weighted by Crippen LogP contribution is -2.26. The maximum atomic E-state index is 11.3. The van der Waals surface area contributed by atoms with E-state index in [0.717, 1.165) is 11.4 Å². The lowest BCUT2D eigenvalue weighted by molar-refractivity contribution is -0.383. The first-order valence-corrected chi connectivity index (χ1v) is 7.08. The molecule has 0 spiro atoms. The maximum Gasteiger partial charge on any atom is 0.354 e. The number of para-hydroxylation sites is 2. The van der Waals surface area contributed by atoms with E-state index in [-0.39, 0.29) is 17.3 Å². The van der Waals surface area contributed by atoms with Gasteiger partial charge in [0, 0.05) is 0 Å². The van der Waals surface area contributed by atoms with Crippen LogP contribution in [0.2, 0.25) is 0 Å². The number of anilines is 4. The summed E-state index contributed by atoms with van der Waals surface area (Å²) in [5.41, 5.74) is 9.80. The van der Waals surface area contributed by atoms with Crippen LogP contribution in [0.15, 0.2) is 67.0 Å². The molecule has 0 radical (unpaired) electrons. The highest BCUT2D eigenvalue weighted by Crippen LogP contribution is 2.31. The summed E-state index contributed by atoms with van der Waals surface area (Å²) < 4.78 is 0. The summed E-state index contributed by atoms with van der Waals surface area (Å²) in [5, 5.41) is 13.0. The summed E-state index contributed by atoms with van der Waals surface area (Å²) in [5.74, 6) is -0.182. The minimum absolute atomic E-state index is 0.0141. The summed E-state index contributed by atoms with van der Waals surface area (Å²) in [6, 6.07) is 18.7. The quantitative estimate of drug-likeness (QED) is 0.548. The van der Waals surface area contributed by atoms with Crippen molar-refractivity contribution >= 4 is 28.7 Å². The number of nitrogen functional groups attached to an aromatic ring is 1. The van der Waals surface area contributed by atoms with Crippen LogP contribution in [0.25, 0.3) is 0 Å². The minimum Gasteiger partial charge on any atom is -0.378 e. The molecule has 3 rings (SSSR count). The van der Waals surface area contributed by atoms with Crippen molar-refractivity contribution in [2.45, 2.75) is 0 Å². The molecule has 0 amide bonds. The Morgan fingerprint density at radius 3 is 2.00 bits per heavy atom. The fourth-order valence-electron chi connectivity index (χ4n) is 2.19. The molecule has 3 aromatic rings. The molecule has 0 saturated carbocycles. The number of aromatic nitrogens is 2. The molecule has 2 aromatic carbocycles. The number of benzene rings is 2. The van der Waals surface area contributed by atoms with Gasteiger partial charge < -0.3 is 5.73 Å². The minimum atomic E-state index is -0.605. The highest BCUT2D eigenvalue weighted by Gasteiger charge is 2.23. The molecule has 8 nitrogen and oxygen atoms in total. The molecule has 0 bridgehead atoms. The van der Waals surface area contributed by atoms with Gasteiger partial charge in [-0.3, -0.25) is 20.5 Å². The van der Waals surface area contributed by atoms with Gasteiger partial charge in [-0.15, -0.1) is 0 Å². The summed E-state index contributed by atoms with van der Waals surface area (Å²) in [4.78, 5) is 18.3. The van der Waals surface area contributed by atoms with Gasteiger partial charge in [0.25, 0.3) is 0 Å². The average Bonchev–Trinajstić information content (AvgIpc) is 2.61. The van der Waals surface area contributed by atoms with Gasteiger partial charge in [0.2, 0.25) is 11.6 Å². The predicted octanol–water partition coefficient (Wildman–Crippen LogP) is 3.13. The summed E-state index contributed by atoms with van der Waals surface area (Å²) in [7, 11) is 0. The van der Waals surface area contributed by atoms with Gasteiger partial charge >= 0.3 is 5.69 Å². The Hall–Kier alpha value is -3.68. The van der Waals surface area contributed by atoms with E-state index in [9.17, 15) is 10.1 Å². The van der Waals surface area contributed by atoms with Gasteiger partial charge in [-0.2, -0.15) is 0 Å². The van der Waals surface area contributed by atoms with Crippen LogP contribution in [0.4, 0.5) is 28.7 Å². The molecule has 0 fully saturated rings. The first-order chi connectivity index (χ1) is 11.7. The van der Waals surface area contributed by atoms with Crippen LogP contribution in [0.1, 0.15) is 0 Å². The van der Waals surface area contributed by atoms with Gasteiger partial charge in [0.1, 0.15) is 6.33 Å². The molecule has 120 valence electrons. The molecule has 24 heavy (non-hydrogen) atoms. The van der Waals surface area contributed by atoms with Crippen molar-refractivity contribution in [3.8, 4) is 0 Å². The van der Waals surface area contributed by atoms with Crippen molar-refractivity contribution in [3.63, 3.8) is 0 Å². The number of hydrogen-bond acceptors (Lipinski definition) is 7. The monoisotopic (exact) mass is 322 g/mol. The number of nitrogens with zero attached hydrogens (tertiary/aromatic N) is 4. The average molecular weight is 322 g/mol. The Bertz CT molecular complexity index is 802. The second-order valence-corrected chi connectivity index (χ2v) is 4.83. The standard InChI is InChI=1S/C16H14N6O2/c17-15-14(22(23)24)16(19-11-18-15)20-21(12-7-3-1-4-8-12)13-9-5-2-6-10-13/h1-11H,(H3,17,18,19,20). The SMILES string of the molecule is Nc1ncnc(NN(c2ccccc2)c2ccccc2)c1[N+](=O)[O-]. The van der Waals surface area contributed by atoms with Crippen LogP contribution >= 0.6 is 0 Å². The molecular formula is C16H14N6O2. The summed E-state index contributed by atoms with van der Waals surface area (Å²) in [6.07, 6.45) is 1.18. The number of nitrogens with two attached hydrogens (primary N) is 1. The van der Waals surface area contributed by atoms with Crippen molar-refractivity contribution in [2.24, 2.45) is 0 Å². The highest BCUT2D eigenvalue weighted by atomic mass is 16.6. The highest BCUT2D eigenvalue weighted by molar-refractivity contribution is 5.73. The fraction of sp³-hybridized carbons (Fsp3) is 0. The molecule has 0 unspecified atom stereocenters. The largest absolute Gasteiger partial charge is 0.378 e. The summed E-state index contributed by atoms with van der Waals surface area (Å²) in [6.45, 7) is 0. The van der Waals surface area contributed by atoms with Crippen molar-refractivity contribution in [3.05, 3.63) is 77.1 Å². The van der Waals surface area contributed by atoms with Crippen LogP contribution < -0.4 is 16.2 Å². The third kappa shape index (κ3) is 3.07. The number of rotatable bonds is 5. The second kappa shape index (κ2) is 6.61. The molecule has 1 heterocycles. The molecule has 1 aromatic heterocycles. The van der Waals surface area contributed by atoms with Crippen molar-refractivity contribution in [1.82, 2.24) is 9.97 Å². The Kier molecular flexibility index (Phi) is 4.19. The fourth-order valence-corrected chi connectivity index (χ4v) is 2.19. The second-order valence-electron chi connectivity index (χ2n) is 4.83. The smallest absolute Gasteiger partial charge is 0.354 e. The predicted molar refractivity (Wildman–Crippen MR) is 91.7 cm³/mol. The van der Waals surface area contributed by atoms with Gasteiger partial charge in [0.05, 0.1) is 16.3 Å². The zero-order chi connectivity index (χ0) is 16.9. The number of nitro groups is 1. The van der Waals surface area contributed by atoms with Crippen molar-refractivity contribution in [1.29, 1.82) is 0 Å². The van der Waals surface area contributed by atoms with E-state index in [1.807, 2.05) is 60.7 Å². The normalized spacial score (nSPS) is 10.2. The third-order valence-electron chi connectivity index (χ3n) is 3.28. The molecule has 8 heteroatoms. The zero-order valence-corrected chi connectivity index (χ0v) is 12.5. The number of hydrazine groups is 1. The van der Waals surface area contributed by atoms with Gasteiger partial charge in [-0.05, 0) is 24.3 Å². The molecule has 3 N–H and O–H groups in total. The Morgan fingerprint density at radius 2 is 1.50 bits per heavy atom. The third-order valence-corrected chi connectivity index (χ3v) is 3.28. The maximum absolute atomic E-state index is 11.3. The molecular weight excluding hydrogens is 308 g/mol. The van der Waals surface area contributed by atoms with Gasteiger partial charge in [-0.25, -0.2) is 9.97 Å². The van der Waals surface area contributed by atoms with E-state index >= 15 is 0 Å². The van der Waals surface area contributed by atoms with E-state index in [2.05, 4.69) is 15.4 Å². The summed E-state index contributed by atoms with van der Waals surface area (Å²) >= 11 is 0. The number of hydrogen-bond donors (Lipinski definition) is 2. The van der Waals surface area contributed by atoms with E-state index in [1.165, 1.54) is 6.33 Å². The molecule has 0 atom stereocenters. The Labute approximate surface area is 137 Å². The van der Waals surface area contributed by atoms with Crippen LogP contribution in [0.5, 0.6) is 0 Å². The lowest BCUT2D eigenvalue weighted by Gasteiger charge is -2.25. The van der Waals surface area contributed by atoms with Crippen molar-refractivity contribution in [2.75, 3.05) is 16.2 Å². The first kappa shape index (κ1) is 15.2. The number of nitrogens with one attached hydrogen (secondary N) is 1. The van der Waals surface area contributed by atoms with Gasteiger partial charge in [-0.1, -0.05) is 36.4 Å². The Morgan fingerprint density at radius 1 is 0.958 bits per heavy atom. The van der Waals surface area contributed by atoms with Crippen LogP contribution in [-0.4, -0.2) is 14.9 Å². The Balaban J connectivity index is 2.06. The first-order valence-electron chi connectivity index (χ1n) is 7.08. The van der Waals surface area contributed by atoms with Crippen LogP contribution in [0.3, 0.4) is 0 Å². The van der Waals surface area contributed by atoms with Crippen molar-refractivity contribution < 1.29 is 4.92 Å². The van der Waals surface area contributed by atoms with E-state index in [0.29, 0.717) is 0 Å². The zero-order valence-electron chi connectivity index (χ0n) is 12.5.